The highest BCUT2D eigenvalue weighted by Gasteiger charge is 2.43. The van der Waals surface area contributed by atoms with E-state index in [0.29, 0.717) is 13.1 Å². The van der Waals surface area contributed by atoms with E-state index < -0.39 is 5.54 Å². The van der Waals surface area contributed by atoms with Gasteiger partial charge in [0.1, 0.15) is 5.54 Å². The molecule has 1 fully saturated rings. The average Bonchev–Trinajstić information content (AvgIpc) is 3.27. The fourth-order valence-corrected chi connectivity index (χ4v) is 2.11. The van der Waals surface area contributed by atoms with Gasteiger partial charge in [-0.2, -0.15) is 5.26 Å². The number of amides is 1. The minimum atomic E-state index is -0.765. The molecule has 1 N–H and O–H groups in total. The van der Waals surface area contributed by atoms with Gasteiger partial charge in [0.05, 0.1) is 26.1 Å². The Labute approximate surface area is 120 Å². The van der Waals surface area contributed by atoms with Crippen LogP contribution in [0.15, 0.2) is 0 Å². The van der Waals surface area contributed by atoms with Crippen LogP contribution in [-0.2, 0) is 14.3 Å². The monoisotopic (exact) mass is 281 g/mol. The SMILES string of the molecule is CCN(CCC(=O)OC)CC(=O)NC(C)(C#N)C1CC1. The molecule has 0 aromatic carbocycles. The van der Waals surface area contributed by atoms with Crippen LogP contribution in [0.3, 0.4) is 0 Å². The number of nitrogens with one attached hydrogen (secondary N) is 1. The van der Waals surface area contributed by atoms with Crippen LogP contribution in [0.25, 0.3) is 0 Å². The highest BCUT2D eigenvalue weighted by molar-refractivity contribution is 5.79. The molecule has 0 aliphatic heterocycles. The molecule has 0 radical (unpaired) electrons. The summed E-state index contributed by atoms with van der Waals surface area (Å²) >= 11 is 0. The Bertz CT molecular complexity index is 401. The van der Waals surface area contributed by atoms with Crippen LogP contribution in [0.2, 0.25) is 0 Å². The number of carbonyl (C=O) groups excluding carboxylic acids is 2. The summed E-state index contributed by atoms with van der Waals surface area (Å²) in [6.07, 6.45) is 2.24. The summed E-state index contributed by atoms with van der Waals surface area (Å²) in [4.78, 5) is 25.0. The Morgan fingerprint density at radius 3 is 2.60 bits per heavy atom. The third kappa shape index (κ3) is 4.82. The molecule has 1 unspecified atom stereocenters. The zero-order valence-electron chi connectivity index (χ0n) is 12.4. The molecule has 0 aromatic rings. The highest BCUT2D eigenvalue weighted by Crippen LogP contribution is 2.39. The first kappa shape index (κ1) is 16.4. The lowest BCUT2D eigenvalue weighted by Crippen LogP contribution is -2.50. The van der Waals surface area contributed by atoms with Crippen LogP contribution in [0, 0.1) is 17.2 Å². The molecule has 1 aliphatic carbocycles. The normalized spacial score (nSPS) is 17.1. The van der Waals surface area contributed by atoms with E-state index in [-0.39, 0.29) is 30.8 Å². The first-order valence-electron chi connectivity index (χ1n) is 6.96. The predicted octanol–water partition coefficient (Wildman–Crippen LogP) is 0.680. The van der Waals surface area contributed by atoms with Crippen LogP contribution in [0.1, 0.15) is 33.1 Å². The molecule has 20 heavy (non-hydrogen) atoms. The molecule has 1 aliphatic rings. The molecule has 6 heteroatoms. The van der Waals surface area contributed by atoms with Gasteiger partial charge in [-0.3, -0.25) is 14.5 Å². The summed E-state index contributed by atoms with van der Waals surface area (Å²) in [5.41, 5.74) is -0.765. The maximum atomic E-state index is 12.0. The second kappa shape index (κ2) is 7.25. The van der Waals surface area contributed by atoms with Crippen LogP contribution < -0.4 is 5.32 Å². The molecule has 0 spiro atoms. The van der Waals surface area contributed by atoms with E-state index in [0.717, 1.165) is 12.8 Å². The van der Waals surface area contributed by atoms with Crippen LogP contribution in [0.5, 0.6) is 0 Å². The van der Waals surface area contributed by atoms with E-state index in [2.05, 4.69) is 16.1 Å². The quantitative estimate of drug-likeness (QED) is 0.662. The third-order valence-corrected chi connectivity index (χ3v) is 3.70. The highest BCUT2D eigenvalue weighted by atomic mass is 16.5. The van der Waals surface area contributed by atoms with Crippen molar-refractivity contribution in [2.75, 3.05) is 26.7 Å². The van der Waals surface area contributed by atoms with Crippen LogP contribution in [0.4, 0.5) is 0 Å². The van der Waals surface area contributed by atoms with Gasteiger partial charge < -0.3 is 10.1 Å². The van der Waals surface area contributed by atoms with Gasteiger partial charge in [0.25, 0.3) is 0 Å². The Morgan fingerprint density at radius 2 is 2.15 bits per heavy atom. The van der Waals surface area contributed by atoms with Gasteiger partial charge in [-0.05, 0) is 32.2 Å². The Hall–Kier alpha value is -1.61. The molecule has 0 bridgehead atoms. The van der Waals surface area contributed by atoms with Crippen molar-refractivity contribution in [1.82, 2.24) is 10.2 Å². The van der Waals surface area contributed by atoms with Gasteiger partial charge in [0.2, 0.25) is 5.91 Å². The minimum absolute atomic E-state index is 0.173. The van der Waals surface area contributed by atoms with Crippen molar-refractivity contribution < 1.29 is 14.3 Å². The molecular formula is C14H23N3O3. The number of ether oxygens (including phenoxy) is 1. The number of methoxy groups -OCH3 is 1. The third-order valence-electron chi connectivity index (χ3n) is 3.70. The topological polar surface area (TPSA) is 82.4 Å². The summed E-state index contributed by atoms with van der Waals surface area (Å²) < 4.78 is 4.58. The summed E-state index contributed by atoms with van der Waals surface area (Å²) in [6.45, 7) is 5.03. The maximum absolute atomic E-state index is 12.0. The van der Waals surface area contributed by atoms with Crippen molar-refractivity contribution in [1.29, 1.82) is 5.26 Å². The van der Waals surface area contributed by atoms with E-state index in [9.17, 15) is 14.9 Å². The number of carbonyl (C=O) groups is 2. The largest absolute Gasteiger partial charge is 0.469 e. The number of nitrogens with zero attached hydrogens (tertiary/aromatic N) is 2. The van der Waals surface area contributed by atoms with Gasteiger partial charge in [-0.1, -0.05) is 6.92 Å². The summed E-state index contributed by atoms with van der Waals surface area (Å²) in [5.74, 6) is -0.196. The van der Waals surface area contributed by atoms with Crippen molar-refractivity contribution in [3.05, 3.63) is 0 Å². The van der Waals surface area contributed by atoms with E-state index in [4.69, 9.17) is 0 Å². The first-order valence-corrected chi connectivity index (χ1v) is 6.96. The van der Waals surface area contributed by atoms with E-state index in [1.165, 1.54) is 7.11 Å². The molecule has 1 amide bonds. The smallest absolute Gasteiger partial charge is 0.306 e. The number of nitriles is 1. The summed E-state index contributed by atoms with van der Waals surface area (Å²) in [5, 5.41) is 12.0. The summed E-state index contributed by atoms with van der Waals surface area (Å²) in [6, 6.07) is 2.20. The second-order valence-corrected chi connectivity index (χ2v) is 5.33. The van der Waals surface area contributed by atoms with Gasteiger partial charge in [-0.25, -0.2) is 0 Å². The molecular weight excluding hydrogens is 258 g/mol. The molecule has 112 valence electrons. The lowest BCUT2D eigenvalue weighted by molar-refractivity contribution is -0.141. The molecule has 1 atom stereocenters. The zero-order chi connectivity index (χ0) is 15.2. The van der Waals surface area contributed by atoms with Gasteiger partial charge >= 0.3 is 5.97 Å². The van der Waals surface area contributed by atoms with Crippen molar-refractivity contribution >= 4 is 11.9 Å². The first-order chi connectivity index (χ1) is 9.45. The minimum Gasteiger partial charge on any atom is -0.469 e. The van der Waals surface area contributed by atoms with Crippen molar-refractivity contribution in [2.45, 2.75) is 38.6 Å². The lowest BCUT2D eigenvalue weighted by Gasteiger charge is -2.25. The average molecular weight is 281 g/mol. The number of rotatable bonds is 8. The zero-order valence-corrected chi connectivity index (χ0v) is 12.4. The Kier molecular flexibility index (Phi) is 5.96. The van der Waals surface area contributed by atoms with Crippen LogP contribution in [-0.4, -0.2) is 49.1 Å². The number of esters is 1. The standard InChI is InChI=1S/C14H23N3O3/c1-4-17(8-7-13(19)20-3)9-12(18)16-14(2,10-15)11-5-6-11/h11H,4-9H2,1-3H3,(H,16,18). The molecule has 0 heterocycles. The van der Waals surface area contributed by atoms with Crippen molar-refractivity contribution in [3.8, 4) is 6.07 Å². The molecule has 0 aromatic heterocycles. The molecule has 1 rings (SSSR count). The predicted molar refractivity (Wildman–Crippen MR) is 73.6 cm³/mol. The fraction of sp³-hybridized carbons (Fsp3) is 0.786. The van der Waals surface area contributed by atoms with Crippen molar-refractivity contribution in [2.24, 2.45) is 5.92 Å². The van der Waals surface area contributed by atoms with Gasteiger partial charge in [-0.15, -0.1) is 0 Å². The lowest BCUT2D eigenvalue weighted by atomic mass is 9.98. The van der Waals surface area contributed by atoms with E-state index >= 15 is 0 Å². The van der Waals surface area contributed by atoms with E-state index in [1.54, 1.807) is 6.92 Å². The van der Waals surface area contributed by atoms with E-state index in [1.807, 2.05) is 11.8 Å². The second-order valence-electron chi connectivity index (χ2n) is 5.33. The Morgan fingerprint density at radius 1 is 1.50 bits per heavy atom. The fourth-order valence-electron chi connectivity index (χ4n) is 2.11. The molecule has 1 saturated carbocycles. The number of hydrogen-bond acceptors (Lipinski definition) is 5. The van der Waals surface area contributed by atoms with Gasteiger partial charge in [0.15, 0.2) is 0 Å². The number of hydrogen-bond donors (Lipinski definition) is 1. The van der Waals surface area contributed by atoms with Crippen LogP contribution >= 0.6 is 0 Å². The van der Waals surface area contributed by atoms with Crippen molar-refractivity contribution in [3.63, 3.8) is 0 Å². The molecule has 6 nitrogen and oxygen atoms in total. The maximum Gasteiger partial charge on any atom is 0.306 e. The summed E-state index contributed by atoms with van der Waals surface area (Å²) in [7, 11) is 1.35. The number of likely N-dealkylation sites (N-methyl/N-ethyl adjacent to an activating group) is 1. The van der Waals surface area contributed by atoms with Gasteiger partial charge in [0, 0.05) is 6.54 Å². The molecule has 0 saturated heterocycles. The Balaban J connectivity index is 2.42.